The third-order valence-corrected chi connectivity index (χ3v) is 4.04. The van der Waals surface area contributed by atoms with Crippen LogP contribution in [0.1, 0.15) is 58.8 Å². The van der Waals surface area contributed by atoms with Crippen LogP contribution in [0.25, 0.3) is 0 Å². The maximum Gasteiger partial charge on any atom is 0.0130 e. The minimum Gasteiger partial charge on any atom is -0.314 e. The first-order valence-electron chi connectivity index (χ1n) is 7.16. The molecule has 1 aliphatic rings. The van der Waals surface area contributed by atoms with Gasteiger partial charge in [-0.05, 0) is 37.6 Å². The zero-order chi connectivity index (χ0) is 11.8. The van der Waals surface area contributed by atoms with Crippen LogP contribution < -0.4 is 5.32 Å². The molecule has 94 valence electrons. The van der Waals surface area contributed by atoms with Crippen LogP contribution in [0.15, 0.2) is 12.7 Å². The van der Waals surface area contributed by atoms with Gasteiger partial charge in [-0.25, -0.2) is 0 Å². The van der Waals surface area contributed by atoms with E-state index in [0.29, 0.717) is 6.04 Å². The lowest BCUT2D eigenvalue weighted by Crippen LogP contribution is -2.37. The van der Waals surface area contributed by atoms with Gasteiger partial charge in [0.25, 0.3) is 0 Å². The molecule has 1 atom stereocenters. The lowest BCUT2D eigenvalue weighted by molar-refractivity contribution is 0.215. The van der Waals surface area contributed by atoms with Gasteiger partial charge in [0.15, 0.2) is 0 Å². The van der Waals surface area contributed by atoms with Gasteiger partial charge in [-0.1, -0.05) is 45.6 Å². The van der Waals surface area contributed by atoms with Gasteiger partial charge in [0.05, 0.1) is 0 Å². The van der Waals surface area contributed by atoms with E-state index in [1.807, 2.05) is 0 Å². The van der Waals surface area contributed by atoms with Crippen molar-refractivity contribution in [3.63, 3.8) is 0 Å². The van der Waals surface area contributed by atoms with Crippen LogP contribution in [-0.2, 0) is 0 Å². The smallest absolute Gasteiger partial charge is 0.0130 e. The monoisotopic (exact) mass is 223 g/mol. The molecular formula is C15H29N. The highest BCUT2D eigenvalue weighted by atomic mass is 14.9. The first kappa shape index (κ1) is 13.8. The van der Waals surface area contributed by atoms with Gasteiger partial charge >= 0.3 is 0 Å². The Morgan fingerprint density at radius 1 is 1.25 bits per heavy atom. The summed E-state index contributed by atoms with van der Waals surface area (Å²) in [4.78, 5) is 0. The predicted molar refractivity (Wildman–Crippen MR) is 72.6 cm³/mol. The van der Waals surface area contributed by atoms with Crippen molar-refractivity contribution in [2.24, 2.45) is 11.8 Å². The Morgan fingerprint density at radius 3 is 2.44 bits per heavy atom. The summed E-state index contributed by atoms with van der Waals surface area (Å²) < 4.78 is 0. The van der Waals surface area contributed by atoms with E-state index in [-0.39, 0.29) is 0 Å². The molecule has 0 radical (unpaired) electrons. The van der Waals surface area contributed by atoms with E-state index < -0.39 is 0 Å². The van der Waals surface area contributed by atoms with Gasteiger partial charge in [0.2, 0.25) is 0 Å². The van der Waals surface area contributed by atoms with Crippen molar-refractivity contribution in [1.29, 1.82) is 0 Å². The van der Waals surface area contributed by atoms with Gasteiger partial charge in [-0.3, -0.25) is 0 Å². The fourth-order valence-electron chi connectivity index (χ4n) is 3.17. The third-order valence-electron chi connectivity index (χ3n) is 4.04. The molecule has 1 N–H and O–H groups in total. The fraction of sp³-hybridized carbons (Fsp3) is 0.867. The van der Waals surface area contributed by atoms with Gasteiger partial charge < -0.3 is 5.32 Å². The summed E-state index contributed by atoms with van der Waals surface area (Å²) in [6.07, 6.45) is 11.8. The molecule has 0 bridgehead atoms. The number of rotatable bonds is 7. The number of hydrogen-bond donors (Lipinski definition) is 1. The van der Waals surface area contributed by atoms with Gasteiger partial charge in [-0.2, -0.15) is 0 Å². The second-order valence-electron chi connectivity index (χ2n) is 5.26. The van der Waals surface area contributed by atoms with E-state index in [1.165, 1.54) is 38.5 Å². The topological polar surface area (TPSA) is 12.0 Å². The highest BCUT2D eigenvalue weighted by molar-refractivity contribution is 4.86. The Labute approximate surface area is 102 Å². The summed E-state index contributed by atoms with van der Waals surface area (Å²) in [5.74, 6) is 1.92. The molecule has 1 unspecified atom stereocenters. The molecule has 1 nitrogen and oxygen atoms in total. The summed E-state index contributed by atoms with van der Waals surface area (Å²) in [5.41, 5.74) is 0. The van der Waals surface area contributed by atoms with Crippen molar-refractivity contribution >= 4 is 0 Å². The van der Waals surface area contributed by atoms with Crippen molar-refractivity contribution in [2.75, 3.05) is 6.54 Å². The molecule has 0 spiro atoms. The largest absolute Gasteiger partial charge is 0.314 e. The summed E-state index contributed by atoms with van der Waals surface area (Å²) in [6.45, 7) is 9.49. The van der Waals surface area contributed by atoms with Crippen LogP contribution in [-0.4, -0.2) is 12.6 Å². The minimum absolute atomic E-state index is 0.685. The summed E-state index contributed by atoms with van der Waals surface area (Å²) >= 11 is 0. The SMILES string of the molecule is C=CCC(NCC)C1CCC(CCC)CC1. The molecule has 1 fully saturated rings. The molecular weight excluding hydrogens is 194 g/mol. The Bertz CT molecular complexity index is 180. The van der Waals surface area contributed by atoms with Crippen LogP contribution in [0.5, 0.6) is 0 Å². The third kappa shape index (κ3) is 4.29. The quantitative estimate of drug-likeness (QED) is 0.639. The van der Waals surface area contributed by atoms with E-state index in [0.717, 1.165) is 24.8 Å². The number of nitrogens with one attached hydrogen (secondary N) is 1. The number of hydrogen-bond acceptors (Lipinski definition) is 1. The zero-order valence-electron chi connectivity index (χ0n) is 11.2. The fourth-order valence-corrected chi connectivity index (χ4v) is 3.17. The van der Waals surface area contributed by atoms with Gasteiger partial charge in [0.1, 0.15) is 0 Å². The molecule has 0 aromatic heterocycles. The average molecular weight is 223 g/mol. The van der Waals surface area contributed by atoms with Crippen LogP contribution in [0.2, 0.25) is 0 Å². The van der Waals surface area contributed by atoms with Crippen molar-refractivity contribution < 1.29 is 0 Å². The Hall–Kier alpha value is -0.300. The molecule has 0 heterocycles. The van der Waals surface area contributed by atoms with Crippen molar-refractivity contribution in [1.82, 2.24) is 5.32 Å². The standard InChI is InChI=1S/C15H29N/c1-4-7-13-9-11-14(12-10-13)15(8-5-2)16-6-3/h5,13-16H,2,4,6-12H2,1,3H3. The molecule has 0 saturated heterocycles. The second-order valence-corrected chi connectivity index (χ2v) is 5.26. The maximum absolute atomic E-state index is 3.88. The first-order valence-corrected chi connectivity index (χ1v) is 7.16. The lowest BCUT2D eigenvalue weighted by atomic mass is 9.76. The molecule has 1 rings (SSSR count). The van der Waals surface area contributed by atoms with E-state index >= 15 is 0 Å². The normalized spacial score (nSPS) is 27.6. The molecule has 1 heteroatoms. The van der Waals surface area contributed by atoms with Gasteiger partial charge in [-0.15, -0.1) is 6.58 Å². The second kappa shape index (κ2) is 7.89. The molecule has 0 amide bonds. The van der Waals surface area contributed by atoms with Crippen LogP contribution in [0, 0.1) is 11.8 Å². The zero-order valence-corrected chi connectivity index (χ0v) is 11.2. The summed E-state index contributed by atoms with van der Waals surface area (Å²) in [7, 11) is 0. The highest BCUT2D eigenvalue weighted by Crippen LogP contribution is 2.34. The van der Waals surface area contributed by atoms with Crippen LogP contribution >= 0.6 is 0 Å². The Balaban J connectivity index is 2.34. The van der Waals surface area contributed by atoms with Crippen molar-refractivity contribution in [2.45, 2.75) is 64.8 Å². The predicted octanol–water partition coefficient (Wildman–Crippen LogP) is 4.15. The first-order chi connectivity index (χ1) is 7.81. The molecule has 1 aliphatic carbocycles. The molecule has 0 aliphatic heterocycles. The van der Waals surface area contributed by atoms with Gasteiger partial charge in [0, 0.05) is 6.04 Å². The van der Waals surface area contributed by atoms with E-state index in [4.69, 9.17) is 0 Å². The van der Waals surface area contributed by atoms with Crippen molar-refractivity contribution in [3.8, 4) is 0 Å². The average Bonchev–Trinajstić information content (AvgIpc) is 2.30. The Morgan fingerprint density at radius 2 is 1.94 bits per heavy atom. The molecule has 0 aromatic rings. The van der Waals surface area contributed by atoms with Crippen molar-refractivity contribution in [3.05, 3.63) is 12.7 Å². The van der Waals surface area contributed by atoms with E-state index in [2.05, 4.69) is 31.8 Å². The summed E-state index contributed by atoms with van der Waals surface area (Å²) in [5, 5.41) is 3.63. The van der Waals surface area contributed by atoms with E-state index in [9.17, 15) is 0 Å². The highest BCUT2D eigenvalue weighted by Gasteiger charge is 2.25. The minimum atomic E-state index is 0.685. The lowest BCUT2D eigenvalue weighted by Gasteiger charge is -2.34. The maximum atomic E-state index is 3.88. The molecule has 0 aromatic carbocycles. The molecule has 16 heavy (non-hydrogen) atoms. The summed E-state index contributed by atoms with van der Waals surface area (Å²) in [6, 6.07) is 0.685. The van der Waals surface area contributed by atoms with Crippen LogP contribution in [0.4, 0.5) is 0 Å². The van der Waals surface area contributed by atoms with Crippen LogP contribution in [0.3, 0.4) is 0 Å². The Kier molecular flexibility index (Phi) is 6.79. The van der Waals surface area contributed by atoms with E-state index in [1.54, 1.807) is 0 Å². The molecule has 1 saturated carbocycles.